The molecule has 3 fully saturated rings. The Balaban J connectivity index is 0.000000171. The van der Waals surface area contributed by atoms with Crippen molar-refractivity contribution in [3.8, 4) is 5.88 Å². The predicted octanol–water partition coefficient (Wildman–Crippen LogP) is 4.96. The first-order valence-electron chi connectivity index (χ1n) is 22.8. The van der Waals surface area contributed by atoms with E-state index in [4.69, 9.17) is 39.8 Å². The van der Waals surface area contributed by atoms with Crippen molar-refractivity contribution in [1.29, 1.82) is 0 Å². The number of ether oxygens (including phenoxy) is 4. The van der Waals surface area contributed by atoms with Crippen LogP contribution in [0.3, 0.4) is 0 Å². The molecular weight excluding hydrogens is 777 g/mol. The lowest BCUT2D eigenvalue weighted by molar-refractivity contribution is 0.0652. The molecule has 7 aliphatic rings. The van der Waals surface area contributed by atoms with Crippen LogP contribution in [0, 0.1) is 19.8 Å². The number of aliphatic imine (C=N–C) groups is 1. The molecule has 6 aliphatic heterocycles. The maximum absolute atomic E-state index is 6.46. The topological polar surface area (TPSA) is 191 Å². The van der Waals surface area contributed by atoms with Gasteiger partial charge in [-0.25, -0.2) is 15.1 Å². The van der Waals surface area contributed by atoms with Gasteiger partial charge >= 0.3 is 0 Å². The largest absolute Gasteiger partial charge is 0.475 e. The minimum Gasteiger partial charge on any atom is -0.475 e. The van der Waals surface area contributed by atoms with Gasteiger partial charge < -0.3 is 45.5 Å². The summed E-state index contributed by atoms with van der Waals surface area (Å²) in [7, 11) is 2.09. The van der Waals surface area contributed by atoms with Gasteiger partial charge in [-0.15, -0.1) is 5.10 Å². The predicted molar refractivity (Wildman–Crippen MR) is 237 cm³/mol. The average molecular weight is 847 g/mol. The van der Waals surface area contributed by atoms with Crippen molar-refractivity contribution in [2.75, 3.05) is 65.1 Å². The molecule has 336 valence electrons. The van der Waals surface area contributed by atoms with Gasteiger partial charge in [0.2, 0.25) is 11.9 Å². The fourth-order valence-electron chi connectivity index (χ4n) is 8.63. The number of hydrogen-bond donors (Lipinski definition) is 5. The number of nitrogens with zero attached hydrogens (tertiary/aromatic N) is 9. The molecule has 10 rings (SSSR count). The number of allylic oxidation sites excluding steroid dienone is 1. The lowest BCUT2D eigenvalue weighted by atomic mass is 10.0. The molecule has 61 heavy (non-hydrogen) atoms. The molecular formula is C43H70N14O4. The van der Waals surface area contributed by atoms with Crippen LogP contribution in [0.2, 0.25) is 0 Å². The van der Waals surface area contributed by atoms with Gasteiger partial charge in [0.05, 0.1) is 47.8 Å². The molecule has 2 atom stereocenters. The third kappa shape index (κ3) is 10.1. The normalized spacial score (nSPS) is 24.1. The van der Waals surface area contributed by atoms with Gasteiger partial charge in [0, 0.05) is 83.0 Å². The lowest BCUT2D eigenvalue weighted by Crippen LogP contribution is -2.48. The smallest absolute Gasteiger partial charge is 0.257 e. The Bertz CT molecular complexity index is 2030. The molecule has 1 saturated carbocycles. The number of likely N-dealkylation sites (N-methyl/N-ethyl adjacent to an activating group) is 1. The highest BCUT2D eigenvalue weighted by Gasteiger charge is 2.43. The summed E-state index contributed by atoms with van der Waals surface area (Å²) in [5.41, 5.74) is 17.1. The van der Waals surface area contributed by atoms with Gasteiger partial charge in [-0.2, -0.15) is 15.1 Å². The highest BCUT2D eigenvalue weighted by atomic mass is 16.5. The Hall–Kier alpha value is -4.49. The molecule has 3 aromatic heterocycles. The maximum atomic E-state index is 6.46. The van der Waals surface area contributed by atoms with E-state index in [1.54, 1.807) is 0 Å². The summed E-state index contributed by atoms with van der Waals surface area (Å²) >= 11 is 0. The molecule has 9 heterocycles. The zero-order valence-electron chi connectivity index (χ0n) is 37.7. The van der Waals surface area contributed by atoms with E-state index >= 15 is 0 Å². The first-order chi connectivity index (χ1) is 29.8. The zero-order chi connectivity index (χ0) is 43.0. The second kappa shape index (κ2) is 20.6. The highest BCUT2D eigenvalue weighted by molar-refractivity contribution is 5.84. The Morgan fingerprint density at radius 3 is 2.34 bits per heavy atom. The van der Waals surface area contributed by atoms with Gasteiger partial charge in [0.1, 0.15) is 17.7 Å². The summed E-state index contributed by atoms with van der Waals surface area (Å²) in [6.07, 6.45) is 9.58. The molecule has 0 amide bonds. The summed E-state index contributed by atoms with van der Waals surface area (Å²) in [5, 5.41) is 23.1. The van der Waals surface area contributed by atoms with Crippen LogP contribution in [0.5, 0.6) is 5.88 Å². The Morgan fingerprint density at radius 1 is 0.885 bits per heavy atom. The summed E-state index contributed by atoms with van der Waals surface area (Å²) in [5.74, 6) is 3.79. The number of guanidine groups is 1. The number of rotatable bonds is 4. The molecule has 2 unspecified atom stereocenters. The number of fused-ring (bicyclic) bond motifs is 2. The molecule has 3 aromatic rings. The third-order valence-electron chi connectivity index (χ3n) is 12.0. The summed E-state index contributed by atoms with van der Waals surface area (Å²) in [6.45, 7) is 20.9. The SMILES string of the molecule is C/C(NC1CCOCC1)=C1\NC2=NC3=C(CN2C)C(C2CC2)NN3CCCOC1N.CC.CC.Cc1nn2c3nc(ncc13)Nc1c(nn(C3CCOCC3)c1C)OCCC2. The molecule has 18 nitrogen and oxygen atoms in total. The van der Waals surface area contributed by atoms with Crippen molar-refractivity contribution in [3.05, 3.63) is 40.4 Å². The zero-order valence-corrected chi connectivity index (χ0v) is 37.7. The van der Waals surface area contributed by atoms with Crippen molar-refractivity contribution < 1.29 is 18.9 Å². The summed E-state index contributed by atoms with van der Waals surface area (Å²) in [6, 6.07) is 1.15. The van der Waals surface area contributed by atoms with Crippen LogP contribution in [-0.4, -0.2) is 123 Å². The van der Waals surface area contributed by atoms with E-state index in [1.165, 1.54) is 18.4 Å². The van der Waals surface area contributed by atoms with E-state index in [9.17, 15) is 0 Å². The monoisotopic (exact) mass is 847 g/mol. The highest BCUT2D eigenvalue weighted by Crippen LogP contribution is 2.41. The molecule has 4 bridgehead atoms. The standard InChI is InChI=1S/C21H35N7O2.C18H23N7O2.2C2H6/c1-13(23-15-6-10-29-11-7-15)17-19(22)30-9-3-8-28-20-16(18(26-28)14-4-5-14)12-27(2)21(24-17)25-20;1-11-14-10-19-18-20-15-12(2)25(13-4-8-26-9-5-13)23-17(15)27-7-3-6-24(22-11)16(14)21-18;2*1-2/h14-15,18-19,23,26H,3-12,22H2,1-2H3,(H,24,25);10,13H,3-9H2,1-2H3,(H,19,20,21);2*1-2H3/b17-13+;;;. The van der Waals surface area contributed by atoms with E-state index < -0.39 is 6.23 Å². The van der Waals surface area contributed by atoms with Crippen LogP contribution >= 0.6 is 0 Å². The Kier molecular flexibility index (Phi) is 15.0. The van der Waals surface area contributed by atoms with Gasteiger partial charge in [0.25, 0.3) is 5.88 Å². The lowest BCUT2D eigenvalue weighted by Gasteiger charge is -2.31. The molecule has 1 aliphatic carbocycles. The molecule has 6 N–H and O–H groups in total. The van der Waals surface area contributed by atoms with Crippen LogP contribution in [0.15, 0.2) is 34.0 Å². The van der Waals surface area contributed by atoms with Crippen molar-refractivity contribution in [2.45, 2.75) is 131 Å². The van der Waals surface area contributed by atoms with Crippen LogP contribution in [0.4, 0.5) is 11.6 Å². The van der Waals surface area contributed by atoms with E-state index in [0.29, 0.717) is 43.2 Å². The quantitative estimate of drug-likeness (QED) is 0.237. The van der Waals surface area contributed by atoms with Gasteiger partial charge in [-0.05, 0) is 71.6 Å². The Labute approximate surface area is 361 Å². The minimum atomic E-state index is -0.524. The third-order valence-corrected chi connectivity index (χ3v) is 12.0. The summed E-state index contributed by atoms with van der Waals surface area (Å²) in [4.78, 5) is 16.4. The first-order valence-corrected chi connectivity index (χ1v) is 22.8. The Morgan fingerprint density at radius 2 is 1.61 bits per heavy atom. The van der Waals surface area contributed by atoms with Crippen molar-refractivity contribution in [3.63, 3.8) is 0 Å². The van der Waals surface area contributed by atoms with Crippen molar-refractivity contribution in [2.24, 2.45) is 16.6 Å². The van der Waals surface area contributed by atoms with Gasteiger partial charge in [-0.3, -0.25) is 9.69 Å². The molecule has 18 heteroatoms. The molecule has 0 radical (unpaired) electrons. The van der Waals surface area contributed by atoms with Crippen LogP contribution in [0.1, 0.15) is 103 Å². The van der Waals surface area contributed by atoms with Crippen LogP contribution < -0.4 is 31.8 Å². The van der Waals surface area contributed by atoms with E-state index in [-0.39, 0.29) is 0 Å². The number of nitrogens with two attached hydrogens (primary N) is 1. The number of aryl methyl sites for hydroxylation is 2. The number of nitrogens with one attached hydrogen (secondary N) is 4. The molecule has 0 spiro atoms. The number of anilines is 2. The van der Waals surface area contributed by atoms with E-state index in [0.717, 1.165) is 142 Å². The van der Waals surface area contributed by atoms with Gasteiger partial charge in [-0.1, -0.05) is 27.7 Å². The molecule has 2 saturated heterocycles. The first kappa shape index (κ1) is 44.6. The fraction of sp³-hybridized carbons (Fsp3) is 0.698. The number of aromatic nitrogens is 6. The maximum Gasteiger partial charge on any atom is 0.257 e. The fourth-order valence-corrected chi connectivity index (χ4v) is 8.63. The van der Waals surface area contributed by atoms with Gasteiger partial charge in [0.15, 0.2) is 5.65 Å². The summed E-state index contributed by atoms with van der Waals surface area (Å²) < 4.78 is 27.0. The van der Waals surface area contributed by atoms with Crippen LogP contribution in [0.25, 0.3) is 11.0 Å². The molecule has 0 aromatic carbocycles. The van der Waals surface area contributed by atoms with E-state index in [1.807, 2.05) is 45.5 Å². The minimum absolute atomic E-state index is 0.331. The second-order valence-electron chi connectivity index (χ2n) is 16.2. The van der Waals surface area contributed by atoms with Crippen LogP contribution in [-0.2, 0) is 20.8 Å². The second-order valence-corrected chi connectivity index (χ2v) is 16.2. The van der Waals surface area contributed by atoms with Crippen molar-refractivity contribution >= 4 is 28.6 Å². The number of hydrogen-bond acceptors (Lipinski definition) is 16. The average Bonchev–Trinajstić information content (AvgIpc) is 3.93. The van der Waals surface area contributed by atoms with Crippen molar-refractivity contribution in [1.82, 2.24) is 55.5 Å². The van der Waals surface area contributed by atoms with E-state index in [2.05, 4.69) is 66.9 Å². The number of hydrazine groups is 1.